The number of carbonyl (C=O) groups is 1. The Morgan fingerprint density at radius 3 is 2.05 bits per heavy atom. The predicted octanol–water partition coefficient (Wildman–Crippen LogP) is 5.77. The first kappa shape index (κ1) is 32.9. The van der Waals surface area contributed by atoms with Crippen molar-refractivity contribution in [2.24, 2.45) is 17.4 Å². The van der Waals surface area contributed by atoms with E-state index in [0.717, 1.165) is 12.1 Å². The molecule has 3 rings (SSSR count). The standard InChI is InChI=1S/C29H32F6N2O5/c1-25(2,36)14-21(26(3,4)37)24(39)41-16-28(32,33)29(34,35)27(30,31)15-40-19-11-10-18-12-20(17-8-6-5-7-9-17)23(38)42-22(18)13-19/h5-13,21H,14-16,36-37H2,1-4H3. The van der Waals surface area contributed by atoms with Crippen LogP contribution in [0.3, 0.4) is 0 Å². The minimum absolute atomic E-state index is 0.109. The van der Waals surface area contributed by atoms with Gasteiger partial charge in [0.1, 0.15) is 11.3 Å². The van der Waals surface area contributed by atoms with E-state index in [0.29, 0.717) is 10.9 Å². The number of ether oxygens (including phenoxy) is 2. The number of benzene rings is 2. The number of alkyl halides is 6. The topological polar surface area (TPSA) is 118 Å². The third-order valence-corrected chi connectivity index (χ3v) is 6.44. The lowest BCUT2D eigenvalue weighted by atomic mass is 9.80. The lowest BCUT2D eigenvalue weighted by Gasteiger charge is -2.35. The van der Waals surface area contributed by atoms with Gasteiger partial charge in [0.25, 0.3) is 0 Å². The third-order valence-electron chi connectivity index (χ3n) is 6.44. The van der Waals surface area contributed by atoms with Gasteiger partial charge in [-0.05, 0) is 57.9 Å². The number of halogens is 6. The van der Waals surface area contributed by atoms with E-state index in [-0.39, 0.29) is 17.6 Å². The molecule has 0 aliphatic rings. The van der Waals surface area contributed by atoms with Crippen molar-refractivity contribution in [2.75, 3.05) is 13.2 Å². The van der Waals surface area contributed by atoms with Gasteiger partial charge in [0.2, 0.25) is 0 Å². The molecule has 0 saturated heterocycles. The van der Waals surface area contributed by atoms with E-state index in [9.17, 15) is 35.9 Å². The Kier molecular flexibility index (Phi) is 9.09. The summed E-state index contributed by atoms with van der Waals surface area (Å²) in [6, 6.07) is 13.4. The van der Waals surface area contributed by atoms with Crippen molar-refractivity contribution >= 4 is 16.9 Å². The molecule has 0 spiro atoms. The van der Waals surface area contributed by atoms with Crippen molar-refractivity contribution in [2.45, 2.75) is 63.0 Å². The van der Waals surface area contributed by atoms with Crippen molar-refractivity contribution in [3.05, 3.63) is 65.0 Å². The second kappa shape index (κ2) is 11.6. The van der Waals surface area contributed by atoms with Gasteiger partial charge in [0, 0.05) is 22.5 Å². The second-order valence-corrected chi connectivity index (χ2v) is 11.5. The van der Waals surface area contributed by atoms with Gasteiger partial charge >= 0.3 is 29.4 Å². The average Bonchev–Trinajstić information content (AvgIpc) is 2.88. The summed E-state index contributed by atoms with van der Waals surface area (Å²) in [5, 5.41) is 0.364. The molecule has 0 bridgehead atoms. The van der Waals surface area contributed by atoms with E-state index >= 15 is 0 Å². The van der Waals surface area contributed by atoms with Crippen molar-refractivity contribution < 1.29 is 45.0 Å². The Hall–Kier alpha value is -3.58. The van der Waals surface area contributed by atoms with Gasteiger partial charge in [-0.1, -0.05) is 30.3 Å². The maximum Gasteiger partial charge on any atom is 0.378 e. The van der Waals surface area contributed by atoms with Crippen LogP contribution in [0.25, 0.3) is 22.1 Å². The highest BCUT2D eigenvalue weighted by molar-refractivity contribution is 5.82. The van der Waals surface area contributed by atoms with Gasteiger partial charge in [0.15, 0.2) is 13.2 Å². The average molecular weight is 603 g/mol. The van der Waals surface area contributed by atoms with E-state index in [1.165, 1.54) is 39.8 Å². The lowest BCUT2D eigenvalue weighted by Crippen LogP contribution is -2.59. The largest absolute Gasteiger partial charge is 0.487 e. The maximum atomic E-state index is 14.5. The molecule has 1 atom stereocenters. The van der Waals surface area contributed by atoms with Crippen LogP contribution in [0.1, 0.15) is 34.1 Å². The van der Waals surface area contributed by atoms with Crippen molar-refractivity contribution in [1.29, 1.82) is 0 Å². The van der Waals surface area contributed by atoms with Gasteiger partial charge < -0.3 is 25.4 Å². The molecule has 13 heteroatoms. The minimum Gasteiger partial charge on any atom is -0.487 e. The molecular formula is C29H32F6N2O5. The molecule has 4 N–H and O–H groups in total. The Bertz CT molecular complexity index is 1460. The van der Waals surface area contributed by atoms with Crippen LogP contribution in [0.15, 0.2) is 63.8 Å². The Labute approximate surface area is 237 Å². The minimum atomic E-state index is -5.99. The monoisotopic (exact) mass is 602 g/mol. The molecule has 230 valence electrons. The van der Waals surface area contributed by atoms with E-state index in [4.69, 9.17) is 20.6 Å². The van der Waals surface area contributed by atoms with Crippen molar-refractivity contribution in [3.63, 3.8) is 0 Å². The van der Waals surface area contributed by atoms with Crippen LogP contribution in [-0.4, -0.2) is 48.0 Å². The zero-order chi connectivity index (χ0) is 31.7. The van der Waals surface area contributed by atoms with Gasteiger partial charge in [0.05, 0.1) is 11.5 Å². The zero-order valence-electron chi connectivity index (χ0n) is 23.4. The summed E-state index contributed by atoms with van der Waals surface area (Å²) < 4.78 is 101. The summed E-state index contributed by atoms with van der Waals surface area (Å²) in [7, 11) is 0. The summed E-state index contributed by atoms with van der Waals surface area (Å²) >= 11 is 0. The quantitative estimate of drug-likeness (QED) is 0.154. The summed E-state index contributed by atoms with van der Waals surface area (Å²) in [4.78, 5) is 24.9. The molecule has 2 aromatic carbocycles. The highest BCUT2D eigenvalue weighted by atomic mass is 19.3. The first-order valence-electron chi connectivity index (χ1n) is 12.8. The van der Waals surface area contributed by atoms with Crippen molar-refractivity contribution in [1.82, 2.24) is 0 Å². The summed E-state index contributed by atoms with van der Waals surface area (Å²) in [6.07, 6.45) is -0.152. The Morgan fingerprint density at radius 1 is 0.881 bits per heavy atom. The number of rotatable bonds is 12. The number of carbonyl (C=O) groups excluding carboxylic acids is 1. The molecule has 0 radical (unpaired) electrons. The normalized spacial score (nSPS) is 14.1. The van der Waals surface area contributed by atoms with Crippen molar-refractivity contribution in [3.8, 4) is 16.9 Å². The molecule has 0 aliphatic carbocycles. The summed E-state index contributed by atoms with van der Waals surface area (Å²) in [5.41, 5.74) is 9.33. The molecule has 1 heterocycles. The predicted molar refractivity (Wildman–Crippen MR) is 144 cm³/mol. The third kappa shape index (κ3) is 7.43. The molecule has 3 aromatic rings. The fourth-order valence-corrected chi connectivity index (χ4v) is 4.06. The highest BCUT2D eigenvalue weighted by Gasteiger charge is 2.72. The highest BCUT2D eigenvalue weighted by Crippen LogP contribution is 2.46. The number of hydrogen-bond donors (Lipinski definition) is 2. The van der Waals surface area contributed by atoms with Crippen LogP contribution in [0.2, 0.25) is 0 Å². The SMILES string of the molecule is CC(C)(N)CC(C(=O)OCC(F)(F)C(F)(F)C(F)(F)COc1ccc2cc(-c3ccccc3)c(=O)oc2c1)C(C)(C)N. The number of esters is 1. The number of fused-ring (bicyclic) bond motifs is 1. The van der Waals surface area contributed by atoms with Crippen LogP contribution >= 0.6 is 0 Å². The first-order chi connectivity index (χ1) is 19.1. The zero-order valence-corrected chi connectivity index (χ0v) is 23.4. The number of hydrogen-bond acceptors (Lipinski definition) is 7. The smallest absolute Gasteiger partial charge is 0.378 e. The molecule has 1 aromatic heterocycles. The fraction of sp³-hybridized carbons (Fsp3) is 0.448. The summed E-state index contributed by atoms with van der Waals surface area (Å²) in [6.45, 7) is 1.30. The second-order valence-electron chi connectivity index (χ2n) is 11.5. The number of nitrogens with two attached hydrogens (primary N) is 2. The van der Waals surface area contributed by atoms with Crippen LogP contribution in [-0.2, 0) is 9.53 Å². The van der Waals surface area contributed by atoms with E-state index in [1.54, 1.807) is 30.3 Å². The molecule has 1 unspecified atom stereocenters. The van der Waals surface area contributed by atoms with Gasteiger partial charge in [-0.2, -0.15) is 26.3 Å². The Balaban J connectivity index is 1.73. The molecule has 0 amide bonds. The van der Waals surface area contributed by atoms with Gasteiger partial charge in [-0.15, -0.1) is 0 Å². The van der Waals surface area contributed by atoms with E-state index < -0.39 is 65.3 Å². The van der Waals surface area contributed by atoms with E-state index in [1.807, 2.05) is 0 Å². The van der Waals surface area contributed by atoms with E-state index in [2.05, 4.69) is 4.74 Å². The molecular weight excluding hydrogens is 570 g/mol. The molecule has 0 saturated carbocycles. The van der Waals surface area contributed by atoms with Crippen LogP contribution in [0, 0.1) is 5.92 Å². The van der Waals surface area contributed by atoms with Crippen LogP contribution in [0.4, 0.5) is 26.3 Å². The molecule has 0 fully saturated rings. The van der Waals surface area contributed by atoms with Gasteiger partial charge in [-0.25, -0.2) is 4.79 Å². The summed E-state index contributed by atoms with van der Waals surface area (Å²) in [5.74, 6) is -20.0. The molecule has 0 aliphatic heterocycles. The first-order valence-corrected chi connectivity index (χ1v) is 12.8. The van der Waals surface area contributed by atoms with Crippen LogP contribution < -0.4 is 21.8 Å². The molecule has 7 nitrogen and oxygen atoms in total. The fourth-order valence-electron chi connectivity index (χ4n) is 4.06. The van der Waals surface area contributed by atoms with Gasteiger partial charge in [-0.3, -0.25) is 4.79 Å². The Morgan fingerprint density at radius 2 is 1.48 bits per heavy atom. The maximum absolute atomic E-state index is 14.5. The van der Waals surface area contributed by atoms with Crippen LogP contribution in [0.5, 0.6) is 5.75 Å². The molecule has 42 heavy (non-hydrogen) atoms. The lowest BCUT2D eigenvalue weighted by molar-refractivity contribution is -0.322.